The van der Waals surface area contributed by atoms with Crippen LogP contribution in [0.15, 0.2) is 24.3 Å². The van der Waals surface area contributed by atoms with Gasteiger partial charge in [0.25, 0.3) is 0 Å². The molecule has 0 amide bonds. The molecule has 0 atom stereocenters. The second-order valence-electron chi connectivity index (χ2n) is 9.29. The zero-order chi connectivity index (χ0) is 18.5. The maximum absolute atomic E-state index is 2.43. The summed E-state index contributed by atoms with van der Waals surface area (Å²) < 4.78 is 0. The predicted octanol–water partition coefficient (Wildman–Crippen LogP) is 8.87. The van der Waals surface area contributed by atoms with E-state index >= 15 is 0 Å². The molecule has 0 spiro atoms. The van der Waals surface area contributed by atoms with Gasteiger partial charge in [-0.3, -0.25) is 0 Å². The molecule has 0 aliphatic heterocycles. The summed E-state index contributed by atoms with van der Waals surface area (Å²) in [6.07, 6.45) is 32.7. The van der Waals surface area contributed by atoms with Crippen molar-refractivity contribution in [3.8, 4) is 0 Å². The minimum atomic E-state index is 0.997. The Hall–Kier alpha value is -0.520. The van der Waals surface area contributed by atoms with E-state index in [0.717, 1.165) is 23.7 Å². The normalized spacial score (nSPS) is 30.4. The first-order valence-corrected chi connectivity index (χ1v) is 12.1. The van der Waals surface area contributed by atoms with Crippen LogP contribution < -0.4 is 0 Å². The molecule has 0 aromatic carbocycles. The Morgan fingerprint density at radius 2 is 0.846 bits per heavy atom. The molecule has 0 unspecified atom stereocenters. The lowest BCUT2D eigenvalue weighted by Crippen LogP contribution is -2.15. The van der Waals surface area contributed by atoms with Gasteiger partial charge >= 0.3 is 0 Å². The largest absolute Gasteiger partial charge is 0.0888 e. The average molecular weight is 359 g/mol. The molecular weight excluding hydrogens is 312 g/mol. The van der Waals surface area contributed by atoms with E-state index in [1.807, 2.05) is 0 Å². The molecule has 2 rings (SSSR count). The third-order valence-corrected chi connectivity index (χ3v) is 7.15. The second-order valence-corrected chi connectivity index (χ2v) is 9.29. The summed E-state index contributed by atoms with van der Waals surface area (Å²) in [6.45, 7) is 4.48. The average Bonchev–Trinajstić information content (AvgIpc) is 2.68. The van der Waals surface area contributed by atoms with Crippen LogP contribution in [0.2, 0.25) is 0 Å². The molecule has 0 saturated heterocycles. The van der Waals surface area contributed by atoms with Gasteiger partial charge < -0.3 is 0 Å². The Morgan fingerprint density at radius 3 is 1.19 bits per heavy atom. The van der Waals surface area contributed by atoms with Gasteiger partial charge in [-0.2, -0.15) is 0 Å². The van der Waals surface area contributed by atoms with Crippen LogP contribution in [0.1, 0.15) is 117 Å². The summed E-state index contributed by atoms with van der Waals surface area (Å²) in [5, 5.41) is 0. The van der Waals surface area contributed by atoms with E-state index in [9.17, 15) is 0 Å². The first-order valence-electron chi connectivity index (χ1n) is 12.1. The molecule has 0 heteroatoms. The van der Waals surface area contributed by atoms with Crippen LogP contribution in [-0.2, 0) is 0 Å². The van der Waals surface area contributed by atoms with Crippen LogP contribution in [0.5, 0.6) is 0 Å². The fourth-order valence-corrected chi connectivity index (χ4v) is 5.29. The lowest BCUT2D eigenvalue weighted by molar-refractivity contribution is 0.243. The fraction of sp³-hybridized carbons (Fsp3) is 0.846. The van der Waals surface area contributed by atoms with Gasteiger partial charge in [-0.05, 0) is 75.0 Å². The second kappa shape index (κ2) is 13.6. The Labute approximate surface area is 164 Å². The van der Waals surface area contributed by atoms with Crippen LogP contribution in [0.3, 0.4) is 0 Å². The van der Waals surface area contributed by atoms with Crippen molar-refractivity contribution < 1.29 is 0 Å². The smallest absolute Gasteiger partial charge is 0.0322 e. The van der Waals surface area contributed by atoms with Crippen LogP contribution in [0.4, 0.5) is 0 Å². The molecule has 150 valence electrons. The van der Waals surface area contributed by atoms with Crippen molar-refractivity contribution >= 4 is 0 Å². The molecule has 0 N–H and O–H groups in total. The topological polar surface area (TPSA) is 0 Å². The summed E-state index contributed by atoms with van der Waals surface area (Å²) in [5.41, 5.74) is 0. The van der Waals surface area contributed by atoms with E-state index < -0.39 is 0 Å². The van der Waals surface area contributed by atoms with Crippen molar-refractivity contribution in [1.29, 1.82) is 0 Å². The van der Waals surface area contributed by atoms with E-state index in [4.69, 9.17) is 0 Å². The molecule has 2 aliphatic carbocycles. The first kappa shape index (κ1) is 21.8. The van der Waals surface area contributed by atoms with Gasteiger partial charge in [-0.1, -0.05) is 89.5 Å². The van der Waals surface area contributed by atoms with Gasteiger partial charge in [0.1, 0.15) is 0 Å². The van der Waals surface area contributed by atoms with Gasteiger partial charge in [-0.25, -0.2) is 0 Å². The van der Waals surface area contributed by atoms with Gasteiger partial charge in [0.05, 0.1) is 0 Å². The van der Waals surface area contributed by atoms with Gasteiger partial charge in [-0.15, -0.1) is 0 Å². The third kappa shape index (κ3) is 8.92. The molecule has 2 fully saturated rings. The maximum atomic E-state index is 2.43. The molecule has 2 saturated carbocycles. The number of unbranched alkanes of at least 4 members (excludes halogenated alkanes) is 1. The molecule has 0 bridgehead atoms. The lowest BCUT2D eigenvalue weighted by Gasteiger charge is -2.29. The molecule has 0 aromatic rings. The molecule has 0 heterocycles. The van der Waals surface area contributed by atoms with E-state index in [0.29, 0.717) is 0 Å². The van der Waals surface area contributed by atoms with Crippen molar-refractivity contribution in [2.24, 2.45) is 23.7 Å². The van der Waals surface area contributed by atoms with Crippen molar-refractivity contribution in [1.82, 2.24) is 0 Å². The highest BCUT2D eigenvalue weighted by atomic mass is 14.3. The lowest BCUT2D eigenvalue weighted by atomic mass is 9.77. The number of allylic oxidation sites excluding steroid dienone is 4. The molecule has 26 heavy (non-hydrogen) atoms. The summed E-state index contributed by atoms with van der Waals surface area (Å²) >= 11 is 0. The summed E-state index contributed by atoms with van der Waals surface area (Å²) in [4.78, 5) is 0. The Bertz CT molecular complexity index is 337. The monoisotopic (exact) mass is 358 g/mol. The highest BCUT2D eigenvalue weighted by molar-refractivity contribution is 4.86. The summed E-state index contributed by atoms with van der Waals surface area (Å²) in [7, 11) is 0. The molecule has 0 nitrogen and oxygen atoms in total. The SMILES string of the molecule is CC/C=C\C[C@H]1CC[C@H](CCCCC2CCC(C/C=C/CC)CC2)CC1. The maximum Gasteiger partial charge on any atom is -0.0322 e. The van der Waals surface area contributed by atoms with Gasteiger partial charge in [0.15, 0.2) is 0 Å². The van der Waals surface area contributed by atoms with Crippen molar-refractivity contribution in [3.63, 3.8) is 0 Å². The molecular formula is C26H46. The van der Waals surface area contributed by atoms with Crippen LogP contribution in [-0.4, -0.2) is 0 Å². The zero-order valence-electron chi connectivity index (χ0n) is 17.9. The fourth-order valence-electron chi connectivity index (χ4n) is 5.29. The van der Waals surface area contributed by atoms with E-state index in [2.05, 4.69) is 38.2 Å². The standard InChI is InChI=1S/C26H46/c1-3-5-7-11-23-15-19-25(20-16-23)13-9-10-14-26-21-17-24(18-22-26)12-8-6-4-2/h5-8,23-26H,3-4,9-22H2,1-2H3/b7-5-,8-6+/t23-,24?,25-,26?. The van der Waals surface area contributed by atoms with Crippen LogP contribution in [0.25, 0.3) is 0 Å². The van der Waals surface area contributed by atoms with E-state index in [1.165, 1.54) is 103 Å². The summed E-state index contributed by atoms with van der Waals surface area (Å²) in [5.74, 6) is 4.11. The van der Waals surface area contributed by atoms with Crippen LogP contribution in [0, 0.1) is 23.7 Å². The van der Waals surface area contributed by atoms with E-state index in [-0.39, 0.29) is 0 Å². The first-order chi connectivity index (χ1) is 12.8. The highest BCUT2D eigenvalue weighted by Gasteiger charge is 2.22. The van der Waals surface area contributed by atoms with E-state index in [1.54, 1.807) is 0 Å². The van der Waals surface area contributed by atoms with Gasteiger partial charge in [0, 0.05) is 0 Å². The van der Waals surface area contributed by atoms with Crippen molar-refractivity contribution in [3.05, 3.63) is 24.3 Å². The van der Waals surface area contributed by atoms with Crippen molar-refractivity contribution in [2.45, 2.75) is 117 Å². The number of hydrogen-bond donors (Lipinski definition) is 0. The summed E-state index contributed by atoms with van der Waals surface area (Å²) in [6, 6.07) is 0. The zero-order valence-corrected chi connectivity index (χ0v) is 17.9. The number of rotatable bonds is 11. The Morgan fingerprint density at radius 1 is 0.500 bits per heavy atom. The Balaban J connectivity index is 1.46. The van der Waals surface area contributed by atoms with Gasteiger partial charge in [0.2, 0.25) is 0 Å². The predicted molar refractivity (Wildman–Crippen MR) is 117 cm³/mol. The minimum absolute atomic E-state index is 0.997. The highest BCUT2D eigenvalue weighted by Crippen LogP contribution is 2.36. The minimum Gasteiger partial charge on any atom is -0.0888 e. The van der Waals surface area contributed by atoms with Crippen LogP contribution >= 0.6 is 0 Å². The molecule has 0 aromatic heterocycles. The third-order valence-electron chi connectivity index (χ3n) is 7.15. The molecule has 0 radical (unpaired) electrons. The molecule has 2 aliphatic rings. The number of hydrogen-bond acceptors (Lipinski definition) is 0. The van der Waals surface area contributed by atoms with Crippen molar-refractivity contribution in [2.75, 3.05) is 0 Å². The quantitative estimate of drug-likeness (QED) is 0.255. The Kier molecular flexibility index (Phi) is 11.4.